The lowest BCUT2D eigenvalue weighted by Crippen LogP contribution is -2.35. The minimum absolute atomic E-state index is 0.0303. The van der Waals surface area contributed by atoms with Gasteiger partial charge in [-0.15, -0.1) is 0 Å². The van der Waals surface area contributed by atoms with E-state index in [1.807, 2.05) is 0 Å². The average Bonchev–Trinajstić information content (AvgIpc) is 2.30. The highest BCUT2D eigenvalue weighted by Crippen LogP contribution is 2.15. The smallest absolute Gasteiger partial charge is 0.315 e. The molecular formula is C11H12F3NO2. The van der Waals surface area contributed by atoms with E-state index in [9.17, 15) is 18.0 Å². The molecule has 0 aliphatic heterocycles. The summed E-state index contributed by atoms with van der Waals surface area (Å²) < 4.78 is 42.1. The molecule has 0 heterocycles. The zero-order chi connectivity index (χ0) is 12.8. The number of rotatable bonds is 5. The first kappa shape index (κ1) is 13.3. The van der Waals surface area contributed by atoms with Crippen LogP contribution in [0.15, 0.2) is 24.3 Å². The van der Waals surface area contributed by atoms with Crippen molar-refractivity contribution in [3.63, 3.8) is 0 Å². The summed E-state index contributed by atoms with van der Waals surface area (Å²) in [7, 11) is 1.24. The Morgan fingerprint density at radius 2 is 2.06 bits per heavy atom. The van der Waals surface area contributed by atoms with E-state index in [1.165, 1.54) is 25.2 Å². The topological polar surface area (TPSA) is 29.5 Å². The molecule has 0 aliphatic rings. The van der Waals surface area contributed by atoms with Gasteiger partial charge in [0.25, 0.3) is 5.91 Å². The molecule has 0 spiro atoms. The number of alkyl halides is 2. The first-order valence-electron chi connectivity index (χ1n) is 4.93. The van der Waals surface area contributed by atoms with Crippen LogP contribution >= 0.6 is 0 Å². The maximum absolute atomic E-state index is 13.1. The lowest BCUT2D eigenvalue weighted by atomic mass is 10.3. The van der Waals surface area contributed by atoms with E-state index in [1.54, 1.807) is 6.07 Å². The normalized spacial score (nSPS) is 10.4. The van der Waals surface area contributed by atoms with Crippen molar-refractivity contribution in [3.8, 4) is 5.75 Å². The fourth-order valence-electron chi connectivity index (χ4n) is 1.13. The van der Waals surface area contributed by atoms with Gasteiger partial charge in [-0.2, -0.15) is 8.78 Å². The van der Waals surface area contributed by atoms with Gasteiger partial charge in [-0.05, 0) is 12.1 Å². The molecule has 0 saturated heterocycles. The summed E-state index contributed by atoms with van der Waals surface area (Å²) in [6, 6.07) is 5.74. The van der Waals surface area contributed by atoms with Crippen molar-refractivity contribution in [2.45, 2.75) is 6.43 Å². The molecule has 0 N–H and O–H groups in total. The monoisotopic (exact) mass is 247 g/mol. The number of para-hydroxylation sites is 1. The van der Waals surface area contributed by atoms with E-state index < -0.39 is 18.1 Å². The number of ether oxygens (including phenoxy) is 1. The molecule has 0 fully saturated rings. The molecule has 0 bridgehead atoms. The Hall–Kier alpha value is -1.72. The Bertz CT molecular complexity index is 385. The van der Waals surface area contributed by atoms with Crippen LogP contribution in [0.5, 0.6) is 5.75 Å². The molecule has 0 atom stereocenters. The van der Waals surface area contributed by atoms with Gasteiger partial charge < -0.3 is 9.64 Å². The first-order valence-corrected chi connectivity index (χ1v) is 4.93. The number of carbonyl (C=O) groups excluding carboxylic acids is 1. The number of amides is 1. The van der Waals surface area contributed by atoms with Crippen LogP contribution in [-0.2, 0) is 4.79 Å². The van der Waals surface area contributed by atoms with Crippen LogP contribution < -0.4 is 4.74 Å². The number of halogens is 3. The van der Waals surface area contributed by atoms with Crippen molar-refractivity contribution in [2.24, 2.45) is 0 Å². The van der Waals surface area contributed by atoms with E-state index in [-0.39, 0.29) is 18.9 Å². The van der Waals surface area contributed by atoms with Gasteiger partial charge >= 0.3 is 6.43 Å². The molecule has 1 rings (SSSR count). The molecular weight excluding hydrogens is 235 g/mol. The standard InChI is InChI=1S/C11H12F3NO2/c1-15(11(16)10(13)14)6-7-17-9-5-3-2-4-8(9)12/h2-5,10H,6-7H2,1H3. The lowest BCUT2D eigenvalue weighted by Gasteiger charge is -2.16. The maximum Gasteiger partial charge on any atom is 0.315 e. The number of likely N-dealkylation sites (N-methyl/N-ethyl adjacent to an activating group) is 1. The summed E-state index contributed by atoms with van der Waals surface area (Å²) in [6.07, 6.45) is -3.03. The van der Waals surface area contributed by atoms with Gasteiger partial charge in [0.1, 0.15) is 6.61 Å². The van der Waals surface area contributed by atoms with E-state index in [0.717, 1.165) is 4.90 Å². The highest BCUT2D eigenvalue weighted by molar-refractivity contribution is 5.78. The molecule has 0 radical (unpaired) electrons. The van der Waals surface area contributed by atoms with Crippen molar-refractivity contribution in [1.29, 1.82) is 0 Å². The van der Waals surface area contributed by atoms with Crippen LogP contribution in [0.2, 0.25) is 0 Å². The van der Waals surface area contributed by atoms with Gasteiger partial charge in [0.05, 0.1) is 6.54 Å². The van der Waals surface area contributed by atoms with Gasteiger partial charge in [-0.25, -0.2) is 4.39 Å². The fraction of sp³-hybridized carbons (Fsp3) is 0.364. The van der Waals surface area contributed by atoms with Crippen molar-refractivity contribution in [1.82, 2.24) is 4.90 Å². The molecule has 1 aromatic carbocycles. The fourth-order valence-corrected chi connectivity index (χ4v) is 1.13. The molecule has 0 unspecified atom stereocenters. The van der Waals surface area contributed by atoms with Crippen molar-refractivity contribution in [2.75, 3.05) is 20.2 Å². The summed E-state index contributed by atoms with van der Waals surface area (Å²) in [5.74, 6) is -1.78. The zero-order valence-electron chi connectivity index (χ0n) is 9.20. The van der Waals surface area contributed by atoms with Crippen LogP contribution in [0.3, 0.4) is 0 Å². The molecule has 1 aromatic rings. The summed E-state index contributed by atoms with van der Waals surface area (Å²) in [6.45, 7) is -0.0760. The minimum Gasteiger partial charge on any atom is -0.489 e. The van der Waals surface area contributed by atoms with Crippen LogP contribution in [-0.4, -0.2) is 37.4 Å². The Labute approximate surface area is 96.8 Å². The third kappa shape index (κ3) is 3.97. The van der Waals surface area contributed by atoms with Crippen molar-refractivity contribution < 1.29 is 22.7 Å². The number of nitrogens with zero attached hydrogens (tertiary/aromatic N) is 1. The minimum atomic E-state index is -3.03. The number of hydrogen-bond donors (Lipinski definition) is 0. The second kappa shape index (κ2) is 6.12. The number of benzene rings is 1. The maximum atomic E-state index is 13.1. The highest BCUT2D eigenvalue weighted by Gasteiger charge is 2.19. The van der Waals surface area contributed by atoms with E-state index in [4.69, 9.17) is 4.74 Å². The van der Waals surface area contributed by atoms with Crippen LogP contribution in [0.1, 0.15) is 0 Å². The third-order valence-electron chi connectivity index (χ3n) is 2.08. The molecule has 94 valence electrons. The summed E-state index contributed by atoms with van der Waals surface area (Å²) in [5.41, 5.74) is 0. The Morgan fingerprint density at radius 1 is 1.41 bits per heavy atom. The van der Waals surface area contributed by atoms with Gasteiger partial charge in [0, 0.05) is 7.05 Å². The predicted molar refractivity (Wildman–Crippen MR) is 55.5 cm³/mol. The summed E-state index contributed by atoms with van der Waals surface area (Å²) >= 11 is 0. The highest BCUT2D eigenvalue weighted by atomic mass is 19.3. The van der Waals surface area contributed by atoms with E-state index in [0.29, 0.717) is 0 Å². The van der Waals surface area contributed by atoms with Gasteiger partial charge in [-0.1, -0.05) is 12.1 Å². The largest absolute Gasteiger partial charge is 0.489 e. The summed E-state index contributed by atoms with van der Waals surface area (Å²) in [4.78, 5) is 11.6. The van der Waals surface area contributed by atoms with Crippen LogP contribution in [0.4, 0.5) is 13.2 Å². The lowest BCUT2D eigenvalue weighted by molar-refractivity contribution is -0.141. The second-order valence-corrected chi connectivity index (χ2v) is 3.34. The van der Waals surface area contributed by atoms with Crippen LogP contribution in [0.25, 0.3) is 0 Å². The van der Waals surface area contributed by atoms with Crippen molar-refractivity contribution in [3.05, 3.63) is 30.1 Å². The molecule has 17 heavy (non-hydrogen) atoms. The molecule has 0 aromatic heterocycles. The molecule has 0 saturated carbocycles. The van der Waals surface area contributed by atoms with Crippen molar-refractivity contribution >= 4 is 5.91 Å². The average molecular weight is 247 g/mol. The van der Waals surface area contributed by atoms with E-state index in [2.05, 4.69) is 0 Å². The third-order valence-corrected chi connectivity index (χ3v) is 2.08. The predicted octanol–water partition coefficient (Wildman–Crippen LogP) is 1.93. The van der Waals surface area contributed by atoms with Gasteiger partial charge in [-0.3, -0.25) is 4.79 Å². The van der Waals surface area contributed by atoms with Gasteiger partial charge in [0.2, 0.25) is 0 Å². The molecule has 0 aliphatic carbocycles. The quantitative estimate of drug-likeness (QED) is 0.795. The SMILES string of the molecule is CN(CCOc1ccccc1F)C(=O)C(F)F. The van der Waals surface area contributed by atoms with Gasteiger partial charge in [0.15, 0.2) is 11.6 Å². The first-order chi connectivity index (χ1) is 8.02. The van der Waals surface area contributed by atoms with E-state index >= 15 is 0 Å². The summed E-state index contributed by atoms with van der Waals surface area (Å²) in [5, 5.41) is 0. The number of carbonyl (C=O) groups is 1. The van der Waals surface area contributed by atoms with Crippen LogP contribution in [0, 0.1) is 5.82 Å². The number of hydrogen-bond acceptors (Lipinski definition) is 2. The Balaban J connectivity index is 2.38. The Kier molecular flexibility index (Phi) is 4.81. The zero-order valence-corrected chi connectivity index (χ0v) is 9.20. The molecule has 6 heteroatoms. The molecule has 3 nitrogen and oxygen atoms in total. The second-order valence-electron chi connectivity index (χ2n) is 3.34. The Morgan fingerprint density at radius 3 is 2.65 bits per heavy atom. The molecule has 1 amide bonds.